The number of aromatic nitrogens is 2. The number of ketones is 1. The molecule has 0 N–H and O–H groups in total. The van der Waals surface area contributed by atoms with Gasteiger partial charge >= 0.3 is 0 Å². The van der Waals surface area contributed by atoms with Crippen LogP contribution < -0.4 is 0 Å². The highest BCUT2D eigenvalue weighted by molar-refractivity contribution is 6.32. The van der Waals surface area contributed by atoms with Crippen LogP contribution in [0.5, 0.6) is 0 Å². The number of carbonyl (C=O) groups is 1. The summed E-state index contributed by atoms with van der Waals surface area (Å²) in [5.74, 6) is 0.118. The van der Waals surface area contributed by atoms with Crippen LogP contribution in [-0.4, -0.2) is 28.3 Å². The molecule has 1 fully saturated rings. The normalized spacial score (nSPS) is 18.2. The number of aryl methyl sites for hydroxylation is 2. The maximum absolute atomic E-state index is 12.5. The molecule has 0 spiro atoms. The Morgan fingerprint density at radius 3 is 2.56 bits per heavy atom. The second-order valence-corrected chi connectivity index (χ2v) is 5.35. The first kappa shape index (κ1) is 13.6. The molecule has 4 nitrogen and oxygen atoms in total. The molecule has 0 bridgehead atoms. The minimum absolute atomic E-state index is 0.118. The van der Waals surface area contributed by atoms with Crippen LogP contribution in [0.4, 0.5) is 0 Å². The van der Waals surface area contributed by atoms with Gasteiger partial charge in [-0.1, -0.05) is 11.6 Å². The molecular weight excluding hydrogens is 252 g/mol. The van der Waals surface area contributed by atoms with Crippen LogP contribution in [-0.2, 0) is 23.0 Å². The molecule has 18 heavy (non-hydrogen) atoms. The number of hydrogen-bond acceptors (Lipinski definition) is 3. The van der Waals surface area contributed by atoms with Crippen molar-refractivity contribution in [2.45, 2.75) is 44.6 Å². The van der Waals surface area contributed by atoms with Crippen molar-refractivity contribution >= 4 is 17.4 Å². The quantitative estimate of drug-likeness (QED) is 0.844. The molecule has 0 radical (unpaired) electrons. The molecule has 0 aromatic carbocycles. The van der Waals surface area contributed by atoms with Crippen molar-refractivity contribution in [1.82, 2.24) is 9.78 Å². The van der Waals surface area contributed by atoms with Crippen LogP contribution >= 0.6 is 11.6 Å². The molecule has 0 atom stereocenters. The zero-order valence-electron chi connectivity index (χ0n) is 11.1. The van der Waals surface area contributed by atoms with E-state index >= 15 is 0 Å². The Morgan fingerprint density at radius 1 is 1.50 bits per heavy atom. The molecule has 5 heteroatoms. The summed E-state index contributed by atoms with van der Waals surface area (Å²) < 4.78 is 7.19. The number of nitrogens with zero attached hydrogens (tertiary/aromatic N) is 2. The molecule has 1 aromatic rings. The van der Waals surface area contributed by atoms with Crippen LogP contribution in [0, 0.1) is 6.92 Å². The first-order valence-corrected chi connectivity index (χ1v) is 6.64. The van der Waals surface area contributed by atoms with Gasteiger partial charge < -0.3 is 4.74 Å². The molecule has 1 saturated carbocycles. The lowest BCUT2D eigenvalue weighted by Crippen LogP contribution is -2.39. The molecule has 1 heterocycles. The molecule has 1 aromatic heterocycles. The Balaban J connectivity index is 2.21. The molecule has 0 amide bonds. The average molecular weight is 271 g/mol. The van der Waals surface area contributed by atoms with E-state index in [2.05, 4.69) is 5.10 Å². The van der Waals surface area contributed by atoms with Gasteiger partial charge in [0.15, 0.2) is 5.78 Å². The predicted octanol–water partition coefficient (Wildman–Crippen LogP) is 2.45. The summed E-state index contributed by atoms with van der Waals surface area (Å²) in [6.07, 6.45) is 4.03. The summed E-state index contributed by atoms with van der Waals surface area (Å²) in [5, 5.41) is 4.82. The summed E-state index contributed by atoms with van der Waals surface area (Å²) in [6, 6.07) is 0. The highest BCUT2D eigenvalue weighted by Gasteiger charge is 2.41. The topological polar surface area (TPSA) is 44.1 Å². The van der Waals surface area contributed by atoms with E-state index in [0.717, 1.165) is 37.1 Å². The molecule has 1 aliphatic rings. The maximum atomic E-state index is 12.5. The largest absolute Gasteiger partial charge is 0.370 e. The van der Waals surface area contributed by atoms with Gasteiger partial charge in [-0.3, -0.25) is 9.48 Å². The first-order chi connectivity index (χ1) is 8.50. The number of ether oxygens (including phenoxy) is 1. The Kier molecular flexibility index (Phi) is 3.78. The summed E-state index contributed by atoms with van der Waals surface area (Å²) in [5.41, 5.74) is 0.948. The lowest BCUT2D eigenvalue weighted by molar-refractivity contribution is -0.139. The molecular formula is C13H19ClN2O2. The maximum Gasteiger partial charge on any atom is 0.170 e. The molecule has 1 aliphatic carbocycles. The van der Waals surface area contributed by atoms with E-state index in [0.29, 0.717) is 11.4 Å². The predicted molar refractivity (Wildman–Crippen MR) is 69.9 cm³/mol. The van der Waals surface area contributed by atoms with E-state index in [-0.39, 0.29) is 5.78 Å². The fourth-order valence-electron chi connectivity index (χ4n) is 2.73. The van der Waals surface area contributed by atoms with Gasteiger partial charge in [0, 0.05) is 14.2 Å². The zero-order valence-corrected chi connectivity index (χ0v) is 11.9. The Labute approximate surface area is 112 Å². The van der Waals surface area contributed by atoms with Crippen molar-refractivity contribution in [3.63, 3.8) is 0 Å². The van der Waals surface area contributed by atoms with E-state index in [9.17, 15) is 4.79 Å². The molecule has 0 aliphatic heterocycles. The summed E-state index contributed by atoms with van der Waals surface area (Å²) in [7, 11) is 3.44. The van der Waals surface area contributed by atoms with E-state index in [4.69, 9.17) is 16.3 Å². The lowest BCUT2D eigenvalue weighted by atomic mass is 9.93. The smallest absolute Gasteiger partial charge is 0.170 e. The Bertz CT molecular complexity index is 462. The van der Waals surface area contributed by atoms with Gasteiger partial charge in [-0.2, -0.15) is 5.10 Å². The van der Waals surface area contributed by atoms with Crippen molar-refractivity contribution in [3.05, 3.63) is 16.4 Å². The summed E-state index contributed by atoms with van der Waals surface area (Å²) in [6.45, 7) is 1.85. The number of methoxy groups -OCH3 is 1. The van der Waals surface area contributed by atoms with Crippen LogP contribution in [0.15, 0.2) is 0 Å². The molecule has 100 valence electrons. The van der Waals surface area contributed by atoms with Crippen LogP contribution in [0.3, 0.4) is 0 Å². The SMILES string of the molecule is COC1(C(=O)Cc2c(Cl)c(C)nn2C)CCCC1. The fraction of sp³-hybridized carbons (Fsp3) is 0.692. The highest BCUT2D eigenvalue weighted by atomic mass is 35.5. The second-order valence-electron chi connectivity index (χ2n) is 4.98. The number of carbonyl (C=O) groups excluding carboxylic acids is 1. The molecule has 0 saturated heterocycles. The third-order valence-corrected chi connectivity index (χ3v) is 4.39. The van der Waals surface area contributed by atoms with E-state index < -0.39 is 5.60 Å². The lowest BCUT2D eigenvalue weighted by Gasteiger charge is -2.25. The third-order valence-electron chi connectivity index (χ3n) is 3.90. The van der Waals surface area contributed by atoms with Gasteiger partial charge in [0.2, 0.25) is 0 Å². The number of rotatable bonds is 4. The third kappa shape index (κ3) is 2.19. The average Bonchev–Trinajstić information content (AvgIpc) is 2.91. The highest BCUT2D eigenvalue weighted by Crippen LogP contribution is 2.35. The van der Waals surface area contributed by atoms with Crippen molar-refractivity contribution in [2.24, 2.45) is 7.05 Å². The standard InChI is InChI=1S/C13H19ClN2O2/c1-9-12(14)10(16(2)15-9)8-11(17)13(18-3)6-4-5-7-13/h4-8H2,1-3H3. The van der Waals surface area contributed by atoms with E-state index in [1.54, 1.807) is 11.8 Å². The van der Waals surface area contributed by atoms with Gasteiger partial charge in [0.1, 0.15) is 5.60 Å². The Hall–Kier alpha value is -0.870. The summed E-state index contributed by atoms with van der Waals surface area (Å²) >= 11 is 6.18. The molecule has 2 rings (SSSR count). The van der Waals surface area contributed by atoms with Crippen molar-refractivity contribution in [1.29, 1.82) is 0 Å². The van der Waals surface area contributed by atoms with Gasteiger partial charge in [-0.15, -0.1) is 0 Å². The zero-order chi connectivity index (χ0) is 13.3. The van der Waals surface area contributed by atoms with Gasteiger partial charge in [0.25, 0.3) is 0 Å². The van der Waals surface area contributed by atoms with Gasteiger partial charge in [0.05, 0.1) is 22.8 Å². The van der Waals surface area contributed by atoms with Crippen LogP contribution in [0.25, 0.3) is 0 Å². The van der Waals surface area contributed by atoms with Crippen molar-refractivity contribution in [2.75, 3.05) is 7.11 Å². The van der Waals surface area contributed by atoms with Crippen molar-refractivity contribution < 1.29 is 9.53 Å². The minimum atomic E-state index is -0.596. The van der Waals surface area contributed by atoms with Crippen LogP contribution in [0.1, 0.15) is 37.1 Å². The van der Waals surface area contributed by atoms with Crippen LogP contribution in [0.2, 0.25) is 5.02 Å². The fourth-order valence-corrected chi connectivity index (χ4v) is 2.96. The minimum Gasteiger partial charge on any atom is -0.370 e. The van der Waals surface area contributed by atoms with Gasteiger partial charge in [-0.05, 0) is 32.6 Å². The van der Waals surface area contributed by atoms with E-state index in [1.807, 2.05) is 14.0 Å². The number of halogens is 1. The molecule has 0 unspecified atom stereocenters. The Morgan fingerprint density at radius 2 is 2.11 bits per heavy atom. The number of Topliss-reactive ketones (excluding diaryl/α,β-unsaturated/α-hetero) is 1. The van der Waals surface area contributed by atoms with E-state index in [1.165, 1.54) is 0 Å². The first-order valence-electron chi connectivity index (χ1n) is 6.26. The van der Waals surface area contributed by atoms with Crippen molar-refractivity contribution in [3.8, 4) is 0 Å². The second kappa shape index (κ2) is 5.02. The number of hydrogen-bond donors (Lipinski definition) is 0. The van der Waals surface area contributed by atoms with Gasteiger partial charge in [-0.25, -0.2) is 0 Å². The summed E-state index contributed by atoms with van der Waals surface area (Å²) in [4.78, 5) is 12.5. The monoisotopic (exact) mass is 270 g/mol.